The molecule has 1 heterocycles. The Morgan fingerprint density at radius 2 is 1.88 bits per heavy atom. The number of amides is 2. The number of nitrogens with zero attached hydrogens (tertiary/aromatic N) is 2. The molecule has 24 heavy (non-hydrogen) atoms. The Labute approximate surface area is 143 Å². The Kier molecular flexibility index (Phi) is 6.91. The van der Waals surface area contributed by atoms with Gasteiger partial charge in [0.15, 0.2) is 0 Å². The van der Waals surface area contributed by atoms with Gasteiger partial charge in [0.25, 0.3) is 5.91 Å². The SMILES string of the molecule is CCOC(=O)N1CCC(N/C=C(/C#N)C(=O)NC2CCCC2)CC1. The monoisotopic (exact) mass is 334 g/mol. The third-order valence-electron chi connectivity index (χ3n) is 4.54. The molecule has 2 N–H and O–H groups in total. The van der Waals surface area contributed by atoms with Crippen molar-refractivity contribution < 1.29 is 14.3 Å². The average molecular weight is 334 g/mol. The third kappa shape index (κ3) is 5.15. The van der Waals surface area contributed by atoms with Gasteiger partial charge >= 0.3 is 6.09 Å². The molecule has 0 radical (unpaired) electrons. The standard InChI is InChI=1S/C17H26N4O3/c1-2-24-17(23)21-9-7-14(8-10-21)19-12-13(11-18)16(22)20-15-5-3-4-6-15/h12,14-15,19H,2-10H2,1H3,(H,20,22)/b13-12-. The fraction of sp³-hybridized carbons (Fsp3) is 0.706. The Hall–Kier alpha value is -2.23. The number of carbonyl (C=O) groups excluding carboxylic acids is 2. The van der Waals surface area contributed by atoms with Gasteiger partial charge in [0.1, 0.15) is 11.6 Å². The highest BCUT2D eigenvalue weighted by Crippen LogP contribution is 2.18. The van der Waals surface area contributed by atoms with Crippen LogP contribution >= 0.6 is 0 Å². The van der Waals surface area contributed by atoms with E-state index in [4.69, 9.17) is 4.74 Å². The van der Waals surface area contributed by atoms with Crippen molar-refractivity contribution in [2.75, 3.05) is 19.7 Å². The Bertz CT molecular complexity index is 512. The van der Waals surface area contributed by atoms with Crippen LogP contribution in [0.2, 0.25) is 0 Å². The van der Waals surface area contributed by atoms with Crippen molar-refractivity contribution in [2.24, 2.45) is 0 Å². The lowest BCUT2D eigenvalue weighted by molar-refractivity contribution is -0.117. The summed E-state index contributed by atoms with van der Waals surface area (Å²) in [4.78, 5) is 25.4. The lowest BCUT2D eigenvalue weighted by Gasteiger charge is -2.31. The summed E-state index contributed by atoms with van der Waals surface area (Å²) in [6, 6.07) is 2.31. The van der Waals surface area contributed by atoms with E-state index in [1.807, 2.05) is 6.07 Å². The fourth-order valence-corrected chi connectivity index (χ4v) is 3.13. The van der Waals surface area contributed by atoms with Crippen molar-refractivity contribution in [3.8, 4) is 6.07 Å². The van der Waals surface area contributed by atoms with Gasteiger partial charge < -0.3 is 20.3 Å². The van der Waals surface area contributed by atoms with Crippen LogP contribution in [0, 0.1) is 11.3 Å². The molecule has 0 atom stereocenters. The maximum absolute atomic E-state index is 12.1. The van der Waals surface area contributed by atoms with Gasteiger partial charge in [0, 0.05) is 31.4 Å². The van der Waals surface area contributed by atoms with Crippen LogP contribution < -0.4 is 10.6 Å². The van der Waals surface area contributed by atoms with Gasteiger partial charge in [-0.1, -0.05) is 12.8 Å². The zero-order valence-corrected chi connectivity index (χ0v) is 14.2. The molecule has 7 nitrogen and oxygen atoms in total. The van der Waals surface area contributed by atoms with E-state index in [1.165, 1.54) is 6.20 Å². The van der Waals surface area contributed by atoms with E-state index in [-0.39, 0.29) is 29.7 Å². The number of nitriles is 1. The summed E-state index contributed by atoms with van der Waals surface area (Å²) >= 11 is 0. The van der Waals surface area contributed by atoms with Gasteiger partial charge in [-0.3, -0.25) is 4.79 Å². The van der Waals surface area contributed by atoms with Crippen molar-refractivity contribution in [3.63, 3.8) is 0 Å². The topological polar surface area (TPSA) is 94.5 Å². The van der Waals surface area contributed by atoms with Crippen molar-refractivity contribution in [1.82, 2.24) is 15.5 Å². The van der Waals surface area contributed by atoms with E-state index in [0.717, 1.165) is 38.5 Å². The van der Waals surface area contributed by atoms with Crippen molar-refractivity contribution in [2.45, 2.75) is 57.5 Å². The molecule has 132 valence electrons. The second kappa shape index (κ2) is 9.16. The normalized spacial score (nSPS) is 19.7. The summed E-state index contributed by atoms with van der Waals surface area (Å²) in [5.41, 5.74) is 0.106. The first-order chi connectivity index (χ1) is 11.6. The summed E-state index contributed by atoms with van der Waals surface area (Å²) in [7, 11) is 0. The molecule has 2 aliphatic rings. The largest absolute Gasteiger partial charge is 0.450 e. The number of carbonyl (C=O) groups is 2. The van der Waals surface area contributed by atoms with E-state index >= 15 is 0 Å². The van der Waals surface area contributed by atoms with E-state index in [1.54, 1.807) is 11.8 Å². The molecule has 7 heteroatoms. The first kappa shape index (κ1) is 18.1. The zero-order chi connectivity index (χ0) is 17.4. The number of hydrogen-bond donors (Lipinski definition) is 2. The smallest absolute Gasteiger partial charge is 0.409 e. The van der Waals surface area contributed by atoms with Crippen LogP contribution in [0.15, 0.2) is 11.8 Å². The zero-order valence-electron chi connectivity index (χ0n) is 14.2. The van der Waals surface area contributed by atoms with Crippen molar-refractivity contribution >= 4 is 12.0 Å². The molecule has 1 saturated heterocycles. The molecule has 0 aromatic rings. The quantitative estimate of drug-likeness (QED) is 0.589. The molecule has 0 aromatic carbocycles. The predicted molar refractivity (Wildman–Crippen MR) is 88.8 cm³/mol. The highest BCUT2D eigenvalue weighted by Gasteiger charge is 2.23. The van der Waals surface area contributed by atoms with Gasteiger partial charge in [0.05, 0.1) is 6.61 Å². The maximum Gasteiger partial charge on any atom is 0.409 e. The number of hydrogen-bond acceptors (Lipinski definition) is 5. The lowest BCUT2D eigenvalue weighted by atomic mass is 10.1. The molecule has 2 amide bonds. The lowest BCUT2D eigenvalue weighted by Crippen LogP contribution is -2.44. The van der Waals surface area contributed by atoms with Gasteiger partial charge in [-0.2, -0.15) is 5.26 Å². The van der Waals surface area contributed by atoms with Crippen LogP contribution in [0.5, 0.6) is 0 Å². The molecule has 0 spiro atoms. The van der Waals surface area contributed by atoms with E-state index in [9.17, 15) is 14.9 Å². The Morgan fingerprint density at radius 3 is 2.46 bits per heavy atom. The molecule has 1 aliphatic heterocycles. The predicted octanol–water partition coefficient (Wildman–Crippen LogP) is 1.66. The molecular weight excluding hydrogens is 308 g/mol. The fourth-order valence-electron chi connectivity index (χ4n) is 3.13. The summed E-state index contributed by atoms with van der Waals surface area (Å²) in [5.74, 6) is -0.305. The Balaban J connectivity index is 1.78. The molecule has 1 saturated carbocycles. The second-order valence-corrected chi connectivity index (χ2v) is 6.25. The van der Waals surface area contributed by atoms with E-state index < -0.39 is 0 Å². The van der Waals surface area contributed by atoms with Crippen LogP contribution in [0.4, 0.5) is 4.79 Å². The molecule has 0 bridgehead atoms. The summed E-state index contributed by atoms with van der Waals surface area (Å²) in [5, 5.41) is 15.2. The van der Waals surface area contributed by atoms with Crippen LogP contribution in [-0.2, 0) is 9.53 Å². The van der Waals surface area contributed by atoms with E-state index in [0.29, 0.717) is 19.7 Å². The minimum Gasteiger partial charge on any atom is -0.450 e. The highest BCUT2D eigenvalue weighted by atomic mass is 16.6. The molecule has 0 aromatic heterocycles. The van der Waals surface area contributed by atoms with Gasteiger partial charge in [-0.25, -0.2) is 4.79 Å². The summed E-state index contributed by atoms with van der Waals surface area (Å²) in [6.07, 6.45) is 7.00. The number of rotatable bonds is 5. The molecular formula is C17H26N4O3. The van der Waals surface area contributed by atoms with Crippen molar-refractivity contribution in [1.29, 1.82) is 5.26 Å². The minimum atomic E-state index is -0.305. The van der Waals surface area contributed by atoms with Crippen LogP contribution in [0.1, 0.15) is 45.4 Å². The van der Waals surface area contributed by atoms with Gasteiger partial charge in [0.2, 0.25) is 0 Å². The van der Waals surface area contributed by atoms with Crippen molar-refractivity contribution in [3.05, 3.63) is 11.8 Å². The molecule has 1 aliphatic carbocycles. The number of ether oxygens (including phenoxy) is 1. The summed E-state index contributed by atoms with van der Waals surface area (Å²) in [6.45, 7) is 3.39. The number of piperidine rings is 1. The van der Waals surface area contributed by atoms with Crippen LogP contribution in [-0.4, -0.2) is 48.7 Å². The molecule has 2 fully saturated rings. The molecule has 2 rings (SSSR count). The number of likely N-dealkylation sites (tertiary alicyclic amines) is 1. The van der Waals surface area contributed by atoms with Crippen LogP contribution in [0.25, 0.3) is 0 Å². The average Bonchev–Trinajstić information content (AvgIpc) is 3.09. The second-order valence-electron chi connectivity index (χ2n) is 6.25. The third-order valence-corrected chi connectivity index (χ3v) is 4.54. The maximum atomic E-state index is 12.1. The first-order valence-electron chi connectivity index (χ1n) is 8.73. The van der Waals surface area contributed by atoms with Crippen LogP contribution in [0.3, 0.4) is 0 Å². The van der Waals surface area contributed by atoms with E-state index in [2.05, 4.69) is 10.6 Å². The molecule has 0 unspecified atom stereocenters. The highest BCUT2D eigenvalue weighted by molar-refractivity contribution is 5.97. The number of nitrogens with one attached hydrogen (secondary N) is 2. The van der Waals surface area contributed by atoms with Gasteiger partial charge in [-0.15, -0.1) is 0 Å². The first-order valence-corrected chi connectivity index (χ1v) is 8.73. The Morgan fingerprint density at radius 1 is 1.21 bits per heavy atom. The van der Waals surface area contributed by atoms with Gasteiger partial charge in [-0.05, 0) is 32.6 Å². The summed E-state index contributed by atoms with van der Waals surface area (Å²) < 4.78 is 4.99. The minimum absolute atomic E-state index is 0.106.